The van der Waals surface area contributed by atoms with Gasteiger partial charge in [-0.2, -0.15) is 11.8 Å². The highest BCUT2D eigenvalue weighted by atomic mass is 32.2. The monoisotopic (exact) mass is 251 g/mol. The Morgan fingerprint density at radius 2 is 1.88 bits per heavy atom. The van der Waals surface area contributed by atoms with Crippen LogP contribution in [0.5, 0.6) is 0 Å². The van der Waals surface area contributed by atoms with Crippen LogP contribution in [0.4, 0.5) is 0 Å². The first-order valence-electron chi connectivity index (χ1n) is 6.24. The molecule has 1 saturated heterocycles. The van der Waals surface area contributed by atoms with Crippen LogP contribution in [-0.4, -0.2) is 28.8 Å². The Morgan fingerprint density at radius 3 is 2.53 bits per heavy atom. The molecular formula is C14H21NOS. The Labute approximate surface area is 108 Å². The van der Waals surface area contributed by atoms with Crippen molar-refractivity contribution in [3.05, 3.63) is 35.4 Å². The van der Waals surface area contributed by atoms with Gasteiger partial charge in [0.2, 0.25) is 0 Å². The predicted molar refractivity (Wildman–Crippen MR) is 74.4 cm³/mol. The number of nitrogens with one attached hydrogen (secondary N) is 1. The lowest BCUT2D eigenvalue weighted by Gasteiger charge is -2.32. The maximum atomic E-state index is 10.3. The molecule has 0 radical (unpaired) electrons. The first-order chi connectivity index (χ1) is 8.18. The SMILES string of the molecule is Cc1ccc(CNCC2(O)CCSCC2)cc1. The van der Waals surface area contributed by atoms with Gasteiger partial charge in [-0.05, 0) is 36.8 Å². The molecule has 2 rings (SSSR count). The summed E-state index contributed by atoms with van der Waals surface area (Å²) in [6.07, 6.45) is 1.83. The predicted octanol–water partition coefficient (Wildman–Crippen LogP) is 2.34. The minimum Gasteiger partial charge on any atom is -0.389 e. The molecule has 2 nitrogen and oxygen atoms in total. The topological polar surface area (TPSA) is 32.3 Å². The second kappa shape index (κ2) is 5.89. The smallest absolute Gasteiger partial charge is 0.0787 e. The lowest BCUT2D eigenvalue weighted by molar-refractivity contribution is 0.0320. The van der Waals surface area contributed by atoms with E-state index in [4.69, 9.17) is 0 Å². The van der Waals surface area contributed by atoms with Gasteiger partial charge < -0.3 is 10.4 Å². The molecule has 0 saturated carbocycles. The molecule has 0 bridgehead atoms. The van der Waals surface area contributed by atoms with Gasteiger partial charge in [0.25, 0.3) is 0 Å². The molecular weight excluding hydrogens is 230 g/mol. The van der Waals surface area contributed by atoms with Crippen molar-refractivity contribution >= 4 is 11.8 Å². The molecule has 1 aromatic carbocycles. The molecule has 0 atom stereocenters. The summed E-state index contributed by atoms with van der Waals surface area (Å²) >= 11 is 1.94. The van der Waals surface area contributed by atoms with E-state index in [9.17, 15) is 5.11 Å². The van der Waals surface area contributed by atoms with Crippen molar-refractivity contribution in [1.82, 2.24) is 5.32 Å². The molecule has 1 heterocycles. The van der Waals surface area contributed by atoms with Crippen molar-refractivity contribution in [2.75, 3.05) is 18.1 Å². The van der Waals surface area contributed by atoms with Crippen LogP contribution in [-0.2, 0) is 6.54 Å². The van der Waals surface area contributed by atoms with E-state index < -0.39 is 5.60 Å². The van der Waals surface area contributed by atoms with Crippen molar-refractivity contribution in [2.45, 2.75) is 31.9 Å². The Bertz CT molecular complexity index is 344. The van der Waals surface area contributed by atoms with Gasteiger partial charge in [0, 0.05) is 13.1 Å². The number of aliphatic hydroxyl groups is 1. The quantitative estimate of drug-likeness (QED) is 0.861. The van der Waals surface area contributed by atoms with E-state index in [0.717, 1.165) is 30.9 Å². The summed E-state index contributed by atoms with van der Waals surface area (Å²) in [5, 5.41) is 13.7. The van der Waals surface area contributed by atoms with E-state index in [0.29, 0.717) is 6.54 Å². The zero-order valence-electron chi connectivity index (χ0n) is 10.4. The maximum Gasteiger partial charge on any atom is 0.0787 e. The summed E-state index contributed by atoms with van der Waals surface area (Å²) in [7, 11) is 0. The molecule has 0 aromatic heterocycles. The first kappa shape index (κ1) is 12.9. The minimum atomic E-state index is -0.476. The van der Waals surface area contributed by atoms with Crippen molar-refractivity contribution in [2.24, 2.45) is 0 Å². The van der Waals surface area contributed by atoms with Crippen molar-refractivity contribution in [1.29, 1.82) is 0 Å². The molecule has 94 valence electrons. The van der Waals surface area contributed by atoms with Crippen molar-refractivity contribution < 1.29 is 5.11 Å². The van der Waals surface area contributed by atoms with E-state index >= 15 is 0 Å². The third-order valence-electron chi connectivity index (χ3n) is 3.33. The molecule has 17 heavy (non-hydrogen) atoms. The normalized spacial score (nSPS) is 19.2. The Kier molecular flexibility index (Phi) is 4.48. The Morgan fingerprint density at radius 1 is 1.24 bits per heavy atom. The summed E-state index contributed by atoms with van der Waals surface area (Å²) in [5.74, 6) is 2.17. The summed E-state index contributed by atoms with van der Waals surface area (Å²) in [5.41, 5.74) is 2.09. The zero-order chi connectivity index (χ0) is 12.1. The molecule has 1 fully saturated rings. The van der Waals surface area contributed by atoms with Gasteiger partial charge in [-0.15, -0.1) is 0 Å². The molecule has 1 aliphatic heterocycles. The number of benzene rings is 1. The molecule has 0 spiro atoms. The van der Waals surface area contributed by atoms with Gasteiger partial charge in [0.15, 0.2) is 0 Å². The van der Waals surface area contributed by atoms with E-state index in [1.807, 2.05) is 11.8 Å². The largest absolute Gasteiger partial charge is 0.389 e. The molecule has 0 amide bonds. The zero-order valence-corrected chi connectivity index (χ0v) is 11.2. The van der Waals surface area contributed by atoms with Crippen LogP contribution in [0.3, 0.4) is 0 Å². The first-order valence-corrected chi connectivity index (χ1v) is 7.40. The van der Waals surface area contributed by atoms with Crippen LogP contribution < -0.4 is 5.32 Å². The van der Waals surface area contributed by atoms with Crippen LogP contribution in [0, 0.1) is 6.92 Å². The Hall–Kier alpha value is -0.510. The van der Waals surface area contributed by atoms with Gasteiger partial charge in [-0.25, -0.2) is 0 Å². The van der Waals surface area contributed by atoms with Gasteiger partial charge in [0.05, 0.1) is 5.60 Å². The van der Waals surface area contributed by atoms with E-state index in [-0.39, 0.29) is 0 Å². The van der Waals surface area contributed by atoms with Crippen LogP contribution in [0.2, 0.25) is 0 Å². The number of thioether (sulfide) groups is 1. The number of aryl methyl sites for hydroxylation is 1. The number of hydrogen-bond acceptors (Lipinski definition) is 3. The van der Waals surface area contributed by atoms with E-state index in [1.165, 1.54) is 11.1 Å². The van der Waals surface area contributed by atoms with Gasteiger partial charge in [-0.3, -0.25) is 0 Å². The third kappa shape index (κ3) is 4.02. The summed E-state index contributed by atoms with van der Waals surface area (Å²) in [4.78, 5) is 0. The Balaban J connectivity index is 1.77. The molecule has 0 unspecified atom stereocenters. The molecule has 3 heteroatoms. The highest BCUT2D eigenvalue weighted by molar-refractivity contribution is 7.99. The fraction of sp³-hybridized carbons (Fsp3) is 0.571. The van der Waals surface area contributed by atoms with Gasteiger partial charge in [0.1, 0.15) is 0 Å². The van der Waals surface area contributed by atoms with Crippen molar-refractivity contribution in [3.8, 4) is 0 Å². The fourth-order valence-electron chi connectivity index (χ4n) is 2.07. The highest BCUT2D eigenvalue weighted by Gasteiger charge is 2.28. The van der Waals surface area contributed by atoms with Crippen molar-refractivity contribution in [3.63, 3.8) is 0 Å². The van der Waals surface area contributed by atoms with Gasteiger partial charge >= 0.3 is 0 Å². The summed E-state index contributed by atoms with van der Waals surface area (Å²) < 4.78 is 0. The minimum absolute atomic E-state index is 0.476. The second-order valence-electron chi connectivity index (χ2n) is 4.93. The average molecular weight is 251 g/mol. The molecule has 1 aromatic rings. The average Bonchev–Trinajstić information content (AvgIpc) is 2.32. The van der Waals surface area contributed by atoms with Crippen LogP contribution >= 0.6 is 11.8 Å². The summed E-state index contributed by atoms with van der Waals surface area (Å²) in [6.45, 7) is 3.65. The number of rotatable bonds is 4. The highest BCUT2D eigenvalue weighted by Crippen LogP contribution is 2.26. The molecule has 0 aliphatic carbocycles. The van der Waals surface area contributed by atoms with Crippen LogP contribution in [0.1, 0.15) is 24.0 Å². The standard InChI is InChI=1S/C14H21NOS/c1-12-2-4-13(5-3-12)10-15-11-14(16)6-8-17-9-7-14/h2-5,15-16H,6-11H2,1H3. The summed E-state index contributed by atoms with van der Waals surface area (Å²) in [6, 6.07) is 8.54. The fourth-order valence-corrected chi connectivity index (χ4v) is 3.33. The molecule has 2 N–H and O–H groups in total. The lowest BCUT2D eigenvalue weighted by Crippen LogP contribution is -2.43. The van der Waals surface area contributed by atoms with Gasteiger partial charge in [-0.1, -0.05) is 29.8 Å². The maximum absolute atomic E-state index is 10.3. The third-order valence-corrected chi connectivity index (χ3v) is 4.31. The number of hydrogen-bond donors (Lipinski definition) is 2. The molecule has 1 aliphatic rings. The van der Waals surface area contributed by atoms with Crippen LogP contribution in [0.15, 0.2) is 24.3 Å². The van der Waals surface area contributed by atoms with Crippen LogP contribution in [0.25, 0.3) is 0 Å². The second-order valence-corrected chi connectivity index (χ2v) is 6.15. The lowest BCUT2D eigenvalue weighted by atomic mass is 9.97. The van der Waals surface area contributed by atoms with E-state index in [1.54, 1.807) is 0 Å². The van der Waals surface area contributed by atoms with E-state index in [2.05, 4.69) is 36.5 Å².